The average Bonchev–Trinajstić information content (AvgIpc) is 3.02. The third kappa shape index (κ3) is 6.27. The molecule has 10 rings (SSSR count). The van der Waals surface area contributed by atoms with Crippen molar-refractivity contribution in [2.45, 2.75) is 74.7 Å². The van der Waals surface area contributed by atoms with Gasteiger partial charge in [-0.3, -0.25) is 0 Å². The molecule has 0 aromatic heterocycles. The molecule has 8 fully saturated rings. The molecular formula is C38H45Cl3O6. The predicted octanol–water partition coefficient (Wildman–Crippen LogP) is 9.21. The van der Waals surface area contributed by atoms with E-state index in [0.717, 1.165) is 60.7 Å². The minimum absolute atomic E-state index is 0.0149. The number of alkyl halides is 1. The number of aliphatic hydroxyl groups is 1. The monoisotopic (exact) mass is 702 g/mol. The van der Waals surface area contributed by atoms with Gasteiger partial charge in [-0.2, -0.15) is 0 Å². The number of phenols is 2. The highest BCUT2D eigenvalue weighted by molar-refractivity contribution is 6.32. The van der Waals surface area contributed by atoms with Crippen LogP contribution in [0.3, 0.4) is 0 Å². The number of phenolic OH excluding ortho intramolecular Hbond substituents is 2. The van der Waals surface area contributed by atoms with Gasteiger partial charge in [0.15, 0.2) is 0 Å². The molecule has 8 saturated carbocycles. The molecule has 2 aromatic rings. The van der Waals surface area contributed by atoms with Crippen LogP contribution < -0.4 is 0 Å². The number of rotatable bonds is 7. The first kappa shape index (κ1) is 33.4. The first-order chi connectivity index (χ1) is 22.5. The summed E-state index contributed by atoms with van der Waals surface area (Å²) >= 11 is 18.7. The predicted molar refractivity (Wildman–Crippen MR) is 186 cm³/mol. The maximum atomic E-state index is 9.98. The molecule has 2 aromatic carbocycles. The molecule has 0 spiro atoms. The number of aliphatic hydroxyl groups excluding tert-OH is 1. The van der Waals surface area contributed by atoms with Crippen LogP contribution in [0.15, 0.2) is 47.5 Å². The minimum atomic E-state index is -0.0658. The van der Waals surface area contributed by atoms with Crippen LogP contribution in [0.4, 0.5) is 0 Å². The Bertz CT molecular complexity index is 1550. The van der Waals surface area contributed by atoms with Crippen LogP contribution in [0, 0.1) is 35.5 Å². The third-order valence-electron chi connectivity index (χ3n) is 11.9. The summed E-state index contributed by atoms with van der Waals surface area (Å²) in [4.78, 5) is 0.0149. The van der Waals surface area contributed by atoms with E-state index in [0.29, 0.717) is 46.2 Å². The molecule has 4 unspecified atom stereocenters. The number of hydrogen-bond acceptors (Lipinski definition) is 6. The van der Waals surface area contributed by atoms with Gasteiger partial charge in [0, 0.05) is 16.0 Å². The molecule has 0 saturated heterocycles. The molecule has 3 N–H and O–H groups in total. The molecule has 254 valence electrons. The Morgan fingerprint density at radius 2 is 1.15 bits per heavy atom. The van der Waals surface area contributed by atoms with Crippen molar-refractivity contribution in [3.63, 3.8) is 0 Å². The van der Waals surface area contributed by atoms with Crippen LogP contribution in [-0.2, 0) is 14.2 Å². The number of ether oxygens (including phenoxy) is 3. The van der Waals surface area contributed by atoms with Crippen molar-refractivity contribution in [2.24, 2.45) is 35.5 Å². The molecule has 0 amide bonds. The number of hydrogen-bond donors (Lipinski definition) is 3. The zero-order valence-corrected chi connectivity index (χ0v) is 29.4. The second-order valence-electron chi connectivity index (χ2n) is 14.9. The van der Waals surface area contributed by atoms with Crippen molar-refractivity contribution >= 4 is 46.3 Å². The molecule has 0 aliphatic heterocycles. The number of benzene rings is 2. The number of aromatic hydroxyl groups is 2. The van der Waals surface area contributed by atoms with Gasteiger partial charge in [0.2, 0.25) is 0 Å². The highest BCUT2D eigenvalue weighted by atomic mass is 35.5. The van der Waals surface area contributed by atoms with E-state index in [1.807, 2.05) is 12.1 Å². The summed E-state index contributed by atoms with van der Waals surface area (Å²) in [5, 5.41) is 29.8. The molecule has 8 aliphatic carbocycles. The molecule has 0 radical (unpaired) electrons. The van der Waals surface area contributed by atoms with Gasteiger partial charge in [-0.15, -0.1) is 11.6 Å². The summed E-state index contributed by atoms with van der Waals surface area (Å²) in [6, 6.07) is 10.7. The van der Waals surface area contributed by atoms with Gasteiger partial charge in [-0.25, -0.2) is 0 Å². The number of allylic oxidation sites excluding steroid dienone is 2. The second kappa shape index (κ2) is 13.0. The van der Waals surface area contributed by atoms with E-state index >= 15 is 0 Å². The largest absolute Gasteiger partial charge is 0.506 e. The fourth-order valence-electron chi connectivity index (χ4n) is 10.7. The lowest BCUT2D eigenvalue weighted by Crippen LogP contribution is -2.53. The first-order valence-corrected chi connectivity index (χ1v) is 18.1. The van der Waals surface area contributed by atoms with E-state index in [1.165, 1.54) is 43.3 Å². The summed E-state index contributed by atoms with van der Waals surface area (Å²) in [7, 11) is 3.42. The van der Waals surface area contributed by atoms with E-state index in [1.54, 1.807) is 38.5 Å². The van der Waals surface area contributed by atoms with Crippen LogP contribution >= 0.6 is 34.8 Å². The highest BCUT2D eigenvalue weighted by Crippen LogP contribution is 2.62. The number of halogens is 3. The lowest BCUT2D eigenvalue weighted by molar-refractivity contribution is -0.149. The summed E-state index contributed by atoms with van der Waals surface area (Å²) < 4.78 is 17.7. The first-order valence-electron chi connectivity index (χ1n) is 17.0. The van der Waals surface area contributed by atoms with Crippen molar-refractivity contribution in [2.75, 3.05) is 27.4 Å². The summed E-state index contributed by atoms with van der Waals surface area (Å²) in [6.45, 7) is 0.505. The molecular weight excluding hydrogens is 659 g/mol. The van der Waals surface area contributed by atoms with Gasteiger partial charge in [-0.05, 0) is 147 Å². The van der Waals surface area contributed by atoms with Gasteiger partial charge >= 0.3 is 0 Å². The standard InChI is InChI=1S/C20H25ClO4.C18H20Cl2O2/c1-24-19(13-2-3-16(21)17(23)8-13)18-14-6-12-7-15(18)11-20(9-12,10-14)25-5-4-22;1-22-17(11-2-3-14(19)15(21)6-11)16-12-4-10-5-13(16)9-18(20,7-10)8-12/h2-3,8,12,14-15,22-23H,4-7,9-11H2,1H3;2-3,6,10,12-13,21H,4-5,7-9H2,1H3. The van der Waals surface area contributed by atoms with Crippen LogP contribution in [-0.4, -0.2) is 53.2 Å². The molecule has 8 bridgehead atoms. The lowest BCUT2D eigenvalue weighted by atomic mass is 9.52. The van der Waals surface area contributed by atoms with E-state index in [-0.39, 0.29) is 28.6 Å². The molecule has 9 heteroatoms. The van der Waals surface area contributed by atoms with Gasteiger partial charge in [0.1, 0.15) is 23.0 Å². The fourth-order valence-corrected chi connectivity index (χ4v) is 11.5. The molecule has 8 aliphatic rings. The SMILES string of the molecule is COC(=C1C2CC3CC1CC(Cl)(C3)C2)c1ccc(Cl)c(O)c1.COC(=C1C2CC3CC1CC(OCCO)(C3)C2)c1ccc(Cl)c(O)c1. The summed E-state index contributed by atoms with van der Waals surface area (Å²) in [5.74, 6) is 5.43. The van der Waals surface area contributed by atoms with Crippen molar-refractivity contribution in [3.05, 3.63) is 68.7 Å². The average molecular weight is 704 g/mol. The smallest absolute Gasteiger partial charge is 0.134 e. The van der Waals surface area contributed by atoms with E-state index in [4.69, 9.17) is 54.1 Å². The highest BCUT2D eigenvalue weighted by Gasteiger charge is 2.55. The van der Waals surface area contributed by atoms with Crippen LogP contribution in [0.5, 0.6) is 11.5 Å². The molecule has 6 nitrogen and oxygen atoms in total. The number of methoxy groups -OCH3 is 2. The van der Waals surface area contributed by atoms with E-state index in [2.05, 4.69) is 0 Å². The van der Waals surface area contributed by atoms with Crippen molar-refractivity contribution in [1.82, 2.24) is 0 Å². The van der Waals surface area contributed by atoms with Crippen molar-refractivity contribution in [1.29, 1.82) is 0 Å². The van der Waals surface area contributed by atoms with Gasteiger partial charge in [0.25, 0.3) is 0 Å². The Morgan fingerprint density at radius 3 is 1.55 bits per heavy atom. The maximum absolute atomic E-state index is 9.98. The molecule has 47 heavy (non-hydrogen) atoms. The Balaban J connectivity index is 0.000000151. The molecule has 0 heterocycles. The van der Waals surface area contributed by atoms with Crippen LogP contribution in [0.1, 0.15) is 75.3 Å². The molecule has 4 atom stereocenters. The summed E-state index contributed by atoms with van der Waals surface area (Å²) in [5.41, 5.74) is 4.52. The topological polar surface area (TPSA) is 88.4 Å². The Morgan fingerprint density at radius 1 is 0.702 bits per heavy atom. The normalized spacial score (nSPS) is 34.3. The van der Waals surface area contributed by atoms with Gasteiger partial charge in [0.05, 0.1) is 43.1 Å². The second-order valence-corrected chi connectivity index (χ2v) is 16.5. The van der Waals surface area contributed by atoms with Crippen molar-refractivity contribution < 1.29 is 29.5 Å². The zero-order chi connectivity index (χ0) is 33.1. The maximum Gasteiger partial charge on any atom is 0.134 e. The quantitative estimate of drug-likeness (QED) is 0.197. The third-order valence-corrected chi connectivity index (χ3v) is 13.0. The zero-order valence-electron chi connectivity index (χ0n) is 27.1. The minimum Gasteiger partial charge on any atom is -0.506 e. The van der Waals surface area contributed by atoms with E-state index in [9.17, 15) is 10.2 Å². The fraction of sp³-hybridized carbons (Fsp3) is 0.579. The van der Waals surface area contributed by atoms with Gasteiger partial charge < -0.3 is 29.5 Å². The Kier molecular flexibility index (Phi) is 9.23. The summed E-state index contributed by atoms with van der Waals surface area (Å²) in [6.07, 6.45) is 11.2. The Labute approximate surface area is 292 Å². The lowest BCUT2D eigenvalue weighted by Gasteiger charge is -2.57. The van der Waals surface area contributed by atoms with Crippen LogP contribution in [0.25, 0.3) is 11.5 Å². The van der Waals surface area contributed by atoms with Gasteiger partial charge in [-0.1, -0.05) is 23.2 Å². The van der Waals surface area contributed by atoms with Crippen molar-refractivity contribution in [3.8, 4) is 11.5 Å². The Hall–Kier alpha value is -2.09. The van der Waals surface area contributed by atoms with E-state index < -0.39 is 0 Å². The van der Waals surface area contributed by atoms with Crippen LogP contribution in [0.2, 0.25) is 10.0 Å².